The number of hydrogen-bond donors (Lipinski definition) is 2. The van der Waals surface area contributed by atoms with Crippen LogP contribution in [-0.4, -0.2) is 40.7 Å². The molecule has 0 aliphatic heterocycles. The minimum absolute atomic E-state index is 0.0439. The second-order valence-corrected chi connectivity index (χ2v) is 8.94. The zero-order chi connectivity index (χ0) is 15.7. The van der Waals surface area contributed by atoms with Crippen molar-refractivity contribution in [2.75, 3.05) is 12.8 Å². The highest BCUT2D eigenvalue weighted by Gasteiger charge is 2.30. The number of sulfonamides is 1. The van der Waals surface area contributed by atoms with Gasteiger partial charge in [-0.1, -0.05) is 6.42 Å². The Kier molecular flexibility index (Phi) is 4.66. The molecule has 0 bridgehead atoms. The Labute approximate surface area is 124 Å². The van der Waals surface area contributed by atoms with Gasteiger partial charge in [0.05, 0.1) is 0 Å². The summed E-state index contributed by atoms with van der Waals surface area (Å²) >= 11 is 0. The molecule has 3 N–H and O–H groups in total. The van der Waals surface area contributed by atoms with E-state index in [1.54, 1.807) is 0 Å². The molecule has 1 saturated carbocycles. The van der Waals surface area contributed by atoms with Crippen LogP contribution in [0.2, 0.25) is 0 Å². The minimum Gasteiger partial charge on any atom is -0.330 e. The van der Waals surface area contributed by atoms with E-state index in [4.69, 9.17) is 5.73 Å². The first-order valence-corrected chi connectivity index (χ1v) is 10.00. The summed E-state index contributed by atoms with van der Waals surface area (Å²) in [5.74, 6) is 0.142. The summed E-state index contributed by atoms with van der Waals surface area (Å²) in [7, 11) is -7.15. The average molecular weight is 333 g/mol. The van der Waals surface area contributed by atoms with Crippen molar-refractivity contribution < 1.29 is 16.8 Å². The van der Waals surface area contributed by atoms with Crippen molar-refractivity contribution in [3.63, 3.8) is 0 Å². The largest absolute Gasteiger partial charge is 0.330 e. The molecule has 2 unspecified atom stereocenters. The van der Waals surface area contributed by atoms with E-state index in [0.29, 0.717) is 6.54 Å². The lowest BCUT2D eigenvalue weighted by Gasteiger charge is -2.19. The van der Waals surface area contributed by atoms with Crippen LogP contribution < -0.4 is 10.5 Å². The molecule has 21 heavy (non-hydrogen) atoms. The van der Waals surface area contributed by atoms with Gasteiger partial charge in [0.1, 0.15) is 4.90 Å². The molecule has 0 aromatic carbocycles. The molecule has 1 aromatic heterocycles. The topological polar surface area (TPSA) is 119 Å². The molecular formula is C12H19N3O4S2. The zero-order valence-electron chi connectivity index (χ0n) is 11.7. The monoisotopic (exact) mass is 333 g/mol. The maximum atomic E-state index is 12.3. The number of sulfone groups is 1. The number of rotatable bonds is 5. The third-order valence-electron chi connectivity index (χ3n) is 3.67. The van der Waals surface area contributed by atoms with Crippen LogP contribution in [-0.2, 0) is 19.9 Å². The second kappa shape index (κ2) is 5.99. The van der Waals surface area contributed by atoms with Crippen molar-refractivity contribution in [2.45, 2.75) is 35.2 Å². The quantitative estimate of drug-likeness (QED) is 0.776. The van der Waals surface area contributed by atoms with Crippen LogP contribution in [0.1, 0.15) is 19.3 Å². The van der Waals surface area contributed by atoms with Crippen LogP contribution in [0.3, 0.4) is 0 Å². The van der Waals surface area contributed by atoms with Crippen molar-refractivity contribution >= 4 is 19.9 Å². The predicted molar refractivity (Wildman–Crippen MR) is 77.9 cm³/mol. The zero-order valence-corrected chi connectivity index (χ0v) is 13.3. The summed E-state index contributed by atoms with van der Waals surface area (Å²) in [4.78, 5) is 3.65. The van der Waals surface area contributed by atoms with Crippen molar-refractivity contribution in [1.82, 2.24) is 9.71 Å². The molecule has 0 spiro atoms. The third kappa shape index (κ3) is 3.79. The predicted octanol–water partition coefficient (Wildman–Crippen LogP) is -0.109. The van der Waals surface area contributed by atoms with Crippen molar-refractivity contribution in [3.05, 3.63) is 18.3 Å². The highest BCUT2D eigenvalue weighted by Crippen LogP contribution is 2.26. The molecule has 118 valence electrons. The van der Waals surface area contributed by atoms with Crippen LogP contribution in [0.4, 0.5) is 0 Å². The van der Waals surface area contributed by atoms with Gasteiger partial charge in [0.2, 0.25) is 10.0 Å². The molecule has 1 aromatic rings. The summed E-state index contributed by atoms with van der Waals surface area (Å²) in [5, 5.41) is -0.151. The molecule has 2 atom stereocenters. The van der Waals surface area contributed by atoms with Gasteiger partial charge in [0.15, 0.2) is 14.9 Å². The van der Waals surface area contributed by atoms with Crippen LogP contribution in [0, 0.1) is 5.92 Å². The van der Waals surface area contributed by atoms with Gasteiger partial charge in [-0.2, -0.15) is 0 Å². The van der Waals surface area contributed by atoms with Crippen LogP contribution in [0.15, 0.2) is 28.3 Å². The van der Waals surface area contributed by atoms with E-state index in [1.165, 1.54) is 12.1 Å². The molecule has 0 saturated heterocycles. The Hall–Kier alpha value is -1.03. The number of nitrogens with two attached hydrogens (primary N) is 1. The van der Waals surface area contributed by atoms with Gasteiger partial charge < -0.3 is 5.73 Å². The molecule has 1 heterocycles. The van der Waals surface area contributed by atoms with Crippen LogP contribution in [0.25, 0.3) is 0 Å². The fourth-order valence-electron chi connectivity index (χ4n) is 2.49. The second-order valence-electron chi connectivity index (χ2n) is 5.26. The lowest BCUT2D eigenvalue weighted by molar-refractivity contribution is 0.452. The highest BCUT2D eigenvalue weighted by molar-refractivity contribution is 7.90. The van der Waals surface area contributed by atoms with Crippen LogP contribution in [0.5, 0.6) is 0 Å². The van der Waals surface area contributed by atoms with Gasteiger partial charge in [0, 0.05) is 18.5 Å². The van der Waals surface area contributed by atoms with E-state index >= 15 is 0 Å². The Morgan fingerprint density at radius 3 is 2.52 bits per heavy atom. The number of nitrogens with zero attached hydrogens (tertiary/aromatic N) is 1. The van der Waals surface area contributed by atoms with Gasteiger partial charge >= 0.3 is 0 Å². The minimum atomic E-state index is -3.71. The summed E-state index contributed by atoms with van der Waals surface area (Å²) in [6, 6.07) is 2.27. The Morgan fingerprint density at radius 1 is 1.29 bits per heavy atom. The van der Waals surface area contributed by atoms with Crippen molar-refractivity contribution in [3.8, 4) is 0 Å². The molecule has 1 fully saturated rings. The summed E-state index contributed by atoms with van der Waals surface area (Å²) in [5.41, 5.74) is 5.64. The SMILES string of the molecule is CS(=O)(=O)c1ccc(S(=O)(=O)NC2CCCC2CN)cn1. The fourth-order valence-corrected chi connectivity index (χ4v) is 4.33. The van der Waals surface area contributed by atoms with Gasteiger partial charge in [-0.15, -0.1) is 0 Å². The first-order chi connectivity index (χ1) is 9.74. The maximum absolute atomic E-state index is 12.3. The van der Waals surface area contributed by atoms with Crippen LogP contribution >= 0.6 is 0 Å². The van der Waals surface area contributed by atoms with E-state index in [-0.39, 0.29) is 21.9 Å². The molecular weight excluding hydrogens is 314 g/mol. The number of hydrogen-bond acceptors (Lipinski definition) is 6. The number of pyridine rings is 1. The normalized spacial score (nSPS) is 23.3. The molecule has 2 rings (SSSR count). The van der Waals surface area contributed by atoms with E-state index in [0.717, 1.165) is 31.7 Å². The highest BCUT2D eigenvalue weighted by atomic mass is 32.2. The fraction of sp³-hybridized carbons (Fsp3) is 0.583. The lowest BCUT2D eigenvalue weighted by atomic mass is 10.1. The Bertz CT molecular complexity index is 699. The number of aromatic nitrogens is 1. The summed E-state index contributed by atoms with van der Waals surface area (Å²) in [6.45, 7) is 0.443. The molecule has 7 nitrogen and oxygen atoms in total. The third-order valence-corrected chi connectivity index (χ3v) is 6.14. The van der Waals surface area contributed by atoms with E-state index < -0.39 is 19.9 Å². The smallest absolute Gasteiger partial charge is 0.242 e. The van der Waals surface area contributed by atoms with Crippen molar-refractivity contribution in [2.24, 2.45) is 11.7 Å². The van der Waals surface area contributed by atoms with Gasteiger partial charge in [0.25, 0.3) is 0 Å². The average Bonchev–Trinajstić information content (AvgIpc) is 2.84. The molecule has 1 aliphatic rings. The molecule has 9 heteroatoms. The first kappa shape index (κ1) is 16.3. The molecule has 0 radical (unpaired) electrons. The van der Waals surface area contributed by atoms with E-state index in [2.05, 4.69) is 9.71 Å². The molecule has 0 amide bonds. The maximum Gasteiger partial charge on any atom is 0.242 e. The Morgan fingerprint density at radius 2 is 2.00 bits per heavy atom. The lowest BCUT2D eigenvalue weighted by Crippen LogP contribution is -2.39. The summed E-state index contributed by atoms with van der Waals surface area (Å²) in [6.07, 6.45) is 4.70. The van der Waals surface area contributed by atoms with Gasteiger partial charge in [-0.05, 0) is 37.4 Å². The van der Waals surface area contributed by atoms with Crippen molar-refractivity contribution in [1.29, 1.82) is 0 Å². The van der Waals surface area contributed by atoms with Gasteiger partial charge in [-0.25, -0.2) is 26.5 Å². The van der Waals surface area contributed by atoms with E-state index in [1.807, 2.05) is 0 Å². The van der Waals surface area contributed by atoms with Gasteiger partial charge in [-0.3, -0.25) is 0 Å². The first-order valence-electron chi connectivity index (χ1n) is 6.62. The Balaban J connectivity index is 2.20. The van der Waals surface area contributed by atoms with E-state index in [9.17, 15) is 16.8 Å². The number of nitrogens with one attached hydrogen (secondary N) is 1. The summed E-state index contributed by atoms with van der Waals surface area (Å²) < 4.78 is 49.8. The standard InChI is InChI=1S/C12H19N3O4S2/c1-20(16,17)12-6-5-10(8-14-12)21(18,19)15-11-4-2-3-9(11)7-13/h5-6,8-9,11,15H,2-4,7,13H2,1H3. The molecule has 1 aliphatic carbocycles.